The molecule has 1 aromatic carbocycles. The van der Waals surface area contributed by atoms with Crippen LogP contribution in [0.4, 0.5) is 10.1 Å². The maximum atomic E-state index is 13.4. The van der Waals surface area contributed by atoms with E-state index in [-0.39, 0.29) is 21.7 Å². The molecule has 88 valence electrons. The number of halogens is 3. The second-order valence-electron chi connectivity index (χ2n) is 3.18. The van der Waals surface area contributed by atoms with Crippen LogP contribution in [0.15, 0.2) is 34.7 Å². The largest absolute Gasteiger partial charge is 0.440 e. The molecule has 0 saturated carbocycles. The van der Waals surface area contributed by atoms with Crippen LogP contribution in [0.5, 0.6) is 0 Å². The van der Waals surface area contributed by atoms with Gasteiger partial charge in [-0.1, -0.05) is 11.6 Å². The van der Waals surface area contributed by atoms with Crippen molar-refractivity contribution in [1.82, 2.24) is 0 Å². The van der Waals surface area contributed by atoms with Crippen LogP contribution in [0.25, 0.3) is 0 Å². The number of benzene rings is 1. The molecular formula is C11H6Cl2FNO2. The van der Waals surface area contributed by atoms with Gasteiger partial charge in [0.15, 0.2) is 11.0 Å². The van der Waals surface area contributed by atoms with Crippen molar-refractivity contribution in [3.8, 4) is 0 Å². The molecule has 3 nitrogen and oxygen atoms in total. The number of carbonyl (C=O) groups is 1. The van der Waals surface area contributed by atoms with E-state index in [0.717, 1.165) is 6.07 Å². The molecule has 0 radical (unpaired) electrons. The van der Waals surface area contributed by atoms with Gasteiger partial charge in [0.05, 0.1) is 5.69 Å². The molecule has 0 fully saturated rings. The van der Waals surface area contributed by atoms with Crippen molar-refractivity contribution < 1.29 is 13.6 Å². The second kappa shape index (κ2) is 4.77. The molecule has 0 aliphatic heterocycles. The van der Waals surface area contributed by atoms with Gasteiger partial charge in [-0.05, 0) is 41.9 Å². The van der Waals surface area contributed by atoms with Crippen molar-refractivity contribution in [2.24, 2.45) is 0 Å². The number of carbonyl (C=O) groups excluding carboxylic acids is 1. The van der Waals surface area contributed by atoms with E-state index >= 15 is 0 Å². The first-order valence-corrected chi connectivity index (χ1v) is 5.33. The number of nitrogens with one attached hydrogen (secondary N) is 1. The van der Waals surface area contributed by atoms with Crippen LogP contribution >= 0.6 is 23.2 Å². The summed E-state index contributed by atoms with van der Waals surface area (Å²) in [7, 11) is 0. The van der Waals surface area contributed by atoms with Gasteiger partial charge >= 0.3 is 0 Å². The number of anilines is 1. The molecule has 0 spiro atoms. The van der Waals surface area contributed by atoms with Gasteiger partial charge in [-0.15, -0.1) is 0 Å². The van der Waals surface area contributed by atoms with E-state index in [4.69, 9.17) is 27.6 Å². The third-order valence-corrected chi connectivity index (χ3v) is 2.41. The predicted molar refractivity (Wildman–Crippen MR) is 63.1 cm³/mol. The van der Waals surface area contributed by atoms with E-state index in [1.807, 2.05) is 0 Å². The Morgan fingerprint density at radius 3 is 2.59 bits per heavy atom. The molecule has 1 amide bonds. The van der Waals surface area contributed by atoms with Crippen LogP contribution in [0.1, 0.15) is 10.6 Å². The minimum Gasteiger partial charge on any atom is -0.440 e. The maximum absolute atomic E-state index is 13.4. The lowest BCUT2D eigenvalue weighted by atomic mass is 10.3. The zero-order valence-electron chi connectivity index (χ0n) is 8.34. The van der Waals surface area contributed by atoms with E-state index < -0.39 is 11.7 Å². The van der Waals surface area contributed by atoms with E-state index in [1.54, 1.807) is 0 Å². The summed E-state index contributed by atoms with van der Waals surface area (Å²) in [6.07, 6.45) is 0. The van der Waals surface area contributed by atoms with Gasteiger partial charge in [-0.3, -0.25) is 4.79 Å². The molecular weight excluding hydrogens is 268 g/mol. The first kappa shape index (κ1) is 12.0. The zero-order chi connectivity index (χ0) is 12.4. The minimum atomic E-state index is -0.622. The van der Waals surface area contributed by atoms with Gasteiger partial charge in [0.2, 0.25) is 0 Å². The fourth-order valence-electron chi connectivity index (χ4n) is 1.21. The summed E-state index contributed by atoms with van der Waals surface area (Å²) in [5, 5.41) is 2.68. The van der Waals surface area contributed by atoms with Crippen molar-refractivity contribution in [1.29, 1.82) is 0 Å². The average Bonchev–Trinajstić information content (AvgIpc) is 2.69. The molecule has 6 heteroatoms. The SMILES string of the molecule is O=C(Nc1ccc(Cl)cc1F)c1ccc(Cl)o1. The zero-order valence-corrected chi connectivity index (χ0v) is 9.85. The van der Waals surface area contributed by atoms with Crippen LogP contribution in [-0.2, 0) is 0 Å². The Hall–Kier alpha value is -1.52. The molecule has 1 aromatic heterocycles. The Kier molecular flexibility index (Phi) is 3.36. The Morgan fingerprint density at radius 1 is 1.24 bits per heavy atom. The Balaban J connectivity index is 2.18. The van der Waals surface area contributed by atoms with E-state index in [9.17, 15) is 9.18 Å². The number of furan rings is 1. The molecule has 0 aliphatic rings. The number of amides is 1. The predicted octanol–water partition coefficient (Wildman–Crippen LogP) is 3.98. The Labute approximate surface area is 106 Å². The van der Waals surface area contributed by atoms with Crippen molar-refractivity contribution in [3.05, 3.63) is 52.2 Å². The molecule has 0 bridgehead atoms. The summed E-state index contributed by atoms with van der Waals surface area (Å²) in [5.74, 6) is -1.20. The summed E-state index contributed by atoms with van der Waals surface area (Å²) in [4.78, 5) is 11.6. The highest BCUT2D eigenvalue weighted by Gasteiger charge is 2.13. The highest BCUT2D eigenvalue weighted by Crippen LogP contribution is 2.20. The monoisotopic (exact) mass is 273 g/mol. The summed E-state index contributed by atoms with van der Waals surface area (Å²) in [6, 6.07) is 6.75. The first-order chi connectivity index (χ1) is 8.06. The lowest BCUT2D eigenvalue weighted by Crippen LogP contribution is -2.11. The van der Waals surface area contributed by atoms with Crippen molar-refractivity contribution >= 4 is 34.8 Å². The second-order valence-corrected chi connectivity index (χ2v) is 3.99. The highest BCUT2D eigenvalue weighted by molar-refractivity contribution is 6.30. The lowest BCUT2D eigenvalue weighted by molar-refractivity contribution is 0.0996. The van der Waals surface area contributed by atoms with Crippen LogP contribution in [0.2, 0.25) is 10.2 Å². The van der Waals surface area contributed by atoms with Crippen molar-refractivity contribution in [2.75, 3.05) is 5.32 Å². The highest BCUT2D eigenvalue weighted by atomic mass is 35.5. The summed E-state index contributed by atoms with van der Waals surface area (Å²) >= 11 is 11.1. The number of rotatable bonds is 2. The summed E-state index contributed by atoms with van der Waals surface area (Å²) in [5.41, 5.74) is 0.0203. The van der Waals surface area contributed by atoms with E-state index in [0.29, 0.717) is 0 Å². The minimum absolute atomic E-state index is 0.00403. The van der Waals surface area contributed by atoms with Gasteiger partial charge in [0.1, 0.15) is 5.82 Å². The van der Waals surface area contributed by atoms with E-state index in [1.165, 1.54) is 24.3 Å². The maximum Gasteiger partial charge on any atom is 0.291 e. The Morgan fingerprint density at radius 2 is 2.00 bits per heavy atom. The third-order valence-electron chi connectivity index (χ3n) is 1.98. The summed E-state index contributed by atoms with van der Waals surface area (Å²) < 4.78 is 18.3. The fraction of sp³-hybridized carbons (Fsp3) is 0. The molecule has 17 heavy (non-hydrogen) atoms. The van der Waals surface area contributed by atoms with Gasteiger partial charge in [-0.2, -0.15) is 0 Å². The fourth-order valence-corrected chi connectivity index (χ4v) is 1.52. The normalized spacial score (nSPS) is 10.3. The topological polar surface area (TPSA) is 42.2 Å². The van der Waals surface area contributed by atoms with Gasteiger partial charge in [0, 0.05) is 5.02 Å². The molecule has 2 rings (SSSR count). The number of hydrogen-bond donors (Lipinski definition) is 1. The quantitative estimate of drug-likeness (QED) is 0.900. The van der Waals surface area contributed by atoms with Crippen LogP contribution in [0.3, 0.4) is 0 Å². The van der Waals surface area contributed by atoms with Crippen molar-refractivity contribution in [2.45, 2.75) is 0 Å². The standard InChI is InChI=1S/C11H6Cl2FNO2/c12-6-1-2-8(7(14)5-6)15-11(16)9-3-4-10(13)17-9/h1-5H,(H,15,16). The molecule has 0 aliphatic carbocycles. The molecule has 0 saturated heterocycles. The molecule has 2 aromatic rings. The van der Waals surface area contributed by atoms with Crippen LogP contribution in [0, 0.1) is 5.82 Å². The van der Waals surface area contributed by atoms with Gasteiger partial charge in [-0.25, -0.2) is 4.39 Å². The smallest absolute Gasteiger partial charge is 0.291 e. The summed E-state index contributed by atoms with van der Waals surface area (Å²) in [6.45, 7) is 0. The molecule has 0 atom stereocenters. The van der Waals surface area contributed by atoms with Gasteiger partial charge < -0.3 is 9.73 Å². The number of hydrogen-bond acceptors (Lipinski definition) is 2. The van der Waals surface area contributed by atoms with E-state index in [2.05, 4.69) is 5.32 Å². The van der Waals surface area contributed by atoms with Crippen LogP contribution in [-0.4, -0.2) is 5.91 Å². The first-order valence-electron chi connectivity index (χ1n) is 4.58. The van der Waals surface area contributed by atoms with Gasteiger partial charge in [0.25, 0.3) is 5.91 Å². The lowest BCUT2D eigenvalue weighted by Gasteiger charge is -2.04. The third kappa shape index (κ3) is 2.78. The van der Waals surface area contributed by atoms with Crippen LogP contribution < -0.4 is 5.32 Å². The van der Waals surface area contributed by atoms with Crippen molar-refractivity contribution in [3.63, 3.8) is 0 Å². The average molecular weight is 274 g/mol. The molecule has 0 unspecified atom stereocenters. The molecule has 1 N–H and O–H groups in total. The Bertz CT molecular complexity index is 568. The molecule has 1 heterocycles.